The number of benzene rings is 1. The van der Waals surface area contributed by atoms with Crippen LogP contribution in [0.25, 0.3) is 0 Å². The number of aliphatic hydroxyl groups is 1. The first-order chi connectivity index (χ1) is 13.0. The number of aliphatic hydroxyl groups excluding tert-OH is 1. The van der Waals surface area contributed by atoms with Crippen molar-refractivity contribution in [2.75, 3.05) is 0 Å². The predicted molar refractivity (Wildman–Crippen MR) is 101 cm³/mol. The summed E-state index contributed by atoms with van der Waals surface area (Å²) in [6.07, 6.45) is 4.73. The van der Waals surface area contributed by atoms with Crippen LogP contribution in [0.3, 0.4) is 0 Å². The van der Waals surface area contributed by atoms with Crippen molar-refractivity contribution in [3.05, 3.63) is 83.9 Å². The van der Waals surface area contributed by atoms with Gasteiger partial charge in [-0.3, -0.25) is 4.98 Å². The van der Waals surface area contributed by atoms with Gasteiger partial charge in [0.1, 0.15) is 0 Å². The summed E-state index contributed by atoms with van der Waals surface area (Å²) in [5.41, 5.74) is 2.20. The Balaban J connectivity index is 1.81. The summed E-state index contributed by atoms with van der Waals surface area (Å²) in [5, 5.41) is 11.1. The third kappa shape index (κ3) is 3.18. The molecule has 0 saturated carbocycles. The molecule has 0 saturated heterocycles. The molecule has 3 heterocycles. The van der Waals surface area contributed by atoms with E-state index in [9.17, 15) is 13.5 Å². The summed E-state index contributed by atoms with van der Waals surface area (Å²) in [7, 11) is -1.83. The van der Waals surface area contributed by atoms with E-state index in [-0.39, 0.29) is 11.4 Å². The van der Waals surface area contributed by atoms with E-state index >= 15 is 0 Å². The number of fused-ring (bicyclic) bond motifs is 1. The fraction of sp³-hybridized carbons (Fsp3) is 0.250. The molecule has 2 atom stereocenters. The fourth-order valence-electron chi connectivity index (χ4n) is 3.64. The highest BCUT2D eigenvalue weighted by Gasteiger charge is 2.43. The second-order valence-electron chi connectivity index (χ2n) is 6.78. The van der Waals surface area contributed by atoms with Gasteiger partial charge in [0.05, 0.1) is 17.0 Å². The molecule has 4 rings (SSSR count). The number of aryl methyl sites for hydroxylation is 1. The number of pyridine rings is 1. The number of hydrogen-bond donors (Lipinski definition) is 1. The number of hydrogen-bond acceptors (Lipinski definition) is 4. The lowest BCUT2D eigenvalue weighted by Gasteiger charge is -2.39. The molecular weight excluding hydrogens is 362 g/mol. The Kier molecular flexibility index (Phi) is 4.59. The molecule has 0 spiro atoms. The van der Waals surface area contributed by atoms with Gasteiger partial charge in [-0.1, -0.05) is 24.3 Å². The van der Waals surface area contributed by atoms with E-state index < -0.39 is 22.2 Å². The molecule has 0 fully saturated rings. The maximum Gasteiger partial charge on any atom is 0.244 e. The Bertz CT molecular complexity index is 1050. The number of rotatable bonds is 4. The average Bonchev–Trinajstić information content (AvgIpc) is 3.08. The van der Waals surface area contributed by atoms with Crippen molar-refractivity contribution in [2.24, 2.45) is 7.05 Å². The van der Waals surface area contributed by atoms with Crippen LogP contribution in [0.5, 0.6) is 0 Å². The molecule has 0 bridgehead atoms. The van der Waals surface area contributed by atoms with Gasteiger partial charge in [-0.15, -0.1) is 0 Å². The SMILES string of the molecule is Cn1cccc1CC1C(O)c2ccccc2S(=O)(=O)N1Cc1cccnc1. The minimum Gasteiger partial charge on any atom is -0.387 e. The predicted octanol–water partition coefficient (Wildman–Crippen LogP) is 2.27. The monoisotopic (exact) mass is 383 g/mol. The van der Waals surface area contributed by atoms with Gasteiger partial charge in [0.25, 0.3) is 0 Å². The normalized spacial score (nSPS) is 21.7. The molecule has 6 nitrogen and oxygen atoms in total. The molecule has 3 aromatic rings. The lowest BCUT2D eigenvalue weighted by atomic mass is 9.97. The number of sulfonamides is 1. The van der Waals surface area contributed by atoms with Crippen LogP contribution in [-0.4, -0.2) is 33.4 Å². The third-order valence-electron chi connectivity index (χ3n) is 5.09. The Labute approximate surface area is 158 Å². The Morgan fingerprint density at radius 1 is 1.11 bits per heavy atom. The molecule has 7 heteroatoms. The Morgan fingerprint density at radius 3 is 2.63 bits per heavy atom. The van der Waals surface area contributed by atoms with Crippen LogP contribution in [0.1, 0.15) is 22.9 Å². The van der Waals surface area contributed by atoms with Crippen molar-refractivity contribution in [2.45, 2.75) is 30.0 Å². The highest BCUT2D eigenvalue weighted by molar-refractivity contribution is 7.89. The van der Waals surface area contributed by atoms with Crippen LogP contribution in [-0.2, 0) is 30.0 Å². The summed E-state index contributed by atoms with van der Waals surface area (Å²) in [4.78, 5) is 4.26. The molecule has 1 N–H and O–H groups in total. The zero-order valence-electron chi connectivity index (χ0n) is 14.9. The number of nitrogens with zero attached hydrogens (tertiary/aromatic N) is 3. The van der Waals surface area contributed by atoms with Gasteiger partial charge >= 0.3 is 0 Å². The molecule has 27 heavy (non-hydrogen) atoms. The fourth-order valence-corrected chi connectivity index (χ4v) is 5.49. The summed E-state index contributed by atoms with van der Waals surface area (Å²) >= 11 is 0. The maximum atomic E-state index is 13.4. The summed E-state index contributed by atoms with van der Waals surface area (Å²) in [6, 6.07) is 13.6. The van der Waals surface area contributed by atoms with Gasteiger partial charge in [-0.2, -0.15) is 4.31 Å². The second-order valence-corrected chi connectivity index (χ2v) is 8.64. The van der Waals surface area contributed by atoms with Gasteiger partial charge in [-0.25, -0.2) is 8.42 Å². The maximum absolute atomic E-state index is 13.4. The molecular formula is C20H21N3O3S. The molecule has 2 aromatic heterocycles. The Hall–Kier alpha value is -2.48. The van der Waals surface area contributed by atoms with Crippen molar-refractivity contribution in [3.8, 4) is 0 Å². The van der Waals surface area contributed by atoms with Crippen LogP contribution in [0.15, 0.2) is 72.0 Å². The summed E-state index contributed by atoms with van der Waals surface area (Å²) in [6.45, 7) is 0.163. The lowest BCUT2D eigenvalue weighted by Crippen LogP contribution is -2.48. The molecule has 0 aliphatic carbocycles. The molecule has 1 aliphatic rings. The van der Waals surface area contributed by atoms with Crippen LogP contribution < -0.4 is 0 Å². The van der Waals surface area contributed by atoms with Crippen molar-refractivity contribution >= 4 is 10.0 Å². The first-order valence-corrected chi connectivity index (χ1v) is 10.2. The topological polar surface area (TPSA) is 75.4 Å². The van der Waals surface area contributed by atoms with Crippen molar-refractivity contribution in [1.29, 1.82) is 0 Å². The van der Waals surface area contributed by atoms with Gasteiger partial charge in [0.2, 0.25) is 10.0 Å². The van der Waals surface area contributed by atoms with E-state index in [4.69, 9.17) is 0 Å². The molecule has 0 radical (unpaired) electrons. The first kappa shape index (κ1) is 17.9. The quantitative estimate of drug-likeness (QED) is 0.750. The van der Waals surface area contributed by atoms with Crippen molar-refractivity contribution in [1.82, 2.24) is 13.9 Å². The second kappa shape index (κ2) is 6.92. The minimum absolute atomic E-state index is 0.163. The molecule has 140 valence electrons. The zero-order valence-corrected chi connectivity index (χ0v) is 15.7. The van der Waals surface area contributed by atoms with E-state index in [1.54, 1.807) is 42.7 Å². The average molecular weight is 383 g/mol. The standard InChI is InChI=1S/C20H21N3O3S/c1-22-11-5-7-16(22)12-18-20(24)17-8-2-3-9-19(17)27(25,26)23(18)14-15-6-4-10-21-13-15/h2-11,13,18,20,24H,12,14H2,1H3. The zero-order chi connectivity index (χ0) is 19.0. The van der Waals surface area contributed by atoms with E-state index in [1.165, 1.54) is 4.31 Å². The van der Waals surface area contributed by atoms with E-state index in [0.29, 0.717) is 12.0 Å². The highest BCUT2D eigenvalue weighted by atomic mass is 32.2. The smallest absolute Gasteiger partial charge is 0.244 e. The van der Waals surface area contributed by atoms with E-state index in [2.05, 4.69) is 4.98 Å². The summed E-state index contributed by atoms with van der Waals surface area (Å²) < 4.78 is 30.1. The summed E-state index contributed by atoms with van der Waals surface area (Å²) in [5.74, 6) is 0. The lowest BCUT2D eigenvalue weighted by molar-refractivity contribution is 0.0760. The molecule has 2 unspecified atom stereocenters. The molecule has 1 aromatic carbocycles. The van der Waals surface area contributed by atoms with Crippen molar-refractivity contribution < 1.29 is 13.5 Å². The van der Waals surface area contributed by atoms with Gasteiger partial charge < -0.3 is 9.67 Å². The molecule has 1 aliphatic heterocycles. The molecule has 0 amide bonds. The third-order valence-corrected chi connectivity index (χ3v) is 7.03. The van der Waals surface area contributed by atoms with E-state index in [1.807, 2.05) is 36.0 Å². The van der Waals surface area contributed by atoms with Gasteiger partial charge in [-0.05, 0) is 29.8 Å². The van der Waals surface area contributed by atoms with Crippen LogP contribution in [0, 0.1) is 0 Å². The highest BCUT2D eigenvalue weighted by Crippen LogP contribution is 2.38. The number of aromatic nitrogens is 2. The van der Waals surface area contributed by atoms with Gasteiger partial charge in [0, 0.05) is 49.9 Å². The largest absolute Gasteiger partial charge is 0.387 e. The first-order valence-electron chi connectivity index (χ1n) is 8.76. The van der Waals surface area contributed by atoms with Crippen LogP contribution in [0.4, 0.5) is 0 Å². The van der Waals surface area contributed by atoms with Crippen LogP contribution in [0.2, 0.25) is 0 Å². The Morgan fingerprint density at radius 2 is 1.93 bits per heavy atom. The minimum atomic E-state index is -3.74. The van der Waals surface area contributed by atoms with Crippen LogP contribution >= 0.6 is 0 Å². The van der Waals surface area contributed by atoms with E-state index in [0.717, 1.165) is 11.3 Å². The van der Waals surface area contributed by atoms with Crippen molar-refractivity contribution in [3.63, 3.8) is 0 Å². The van der Waals surface area contributed by atoms with Gasteiger partial charge in [0.15, 0.2) is 0 Å².